The summed E-state index contributed by atoms with van der Waals surface area (Å²) in [6, 6.07) is -0.565. The molecule has 19 heavy (non-hydrogen) atoms. The van der Waals surface area contributed by atoms with Crippen molar-refractivity contribution in [3.63, 3.8) is 0 Å². The van der Waals surface area contributed by atoms with Gasteiger partial charge in [0, 0.05) is 5.38 Å². The zero-order chi connectivity index (χ0) is 14.0. The molecule has 1 saturated heterocycles. The van der Waals surface area contributed by atoms with Crippen molar-refractivity contribution < 1.29 is 14.4 Å². The Bertz CT molecular complexity index is 526. The number of carbonyl (C=O) groups is 3. The number of thiazole rings is 1. The van der Waals surface area contributed by atoms with E-state index in [1.807, 2.05) is 19.2 Å². The van der Waals surface area contributed by atoms with Crippen LogP contribution < -0.4 is 5.32 Å². The summed E-state index contributed by atoms with van der Waals surface area (Å²) in [7, 11) is 0. The van der Waals surface area contributed by atoms with Crippen molar-refractivity contribution in [2.45, 2.75) is 32.7 Å². The highest BCUT2D eigenvalue weighted by Crippen LogP contribution is 2.14. The molecule has 1 aromatic heterocycles. The van der Waals surface area contributed by atoms with Crippen molar-refractivity contribution in [1.29, 1.82) is 0 Å². The average molecular weight is 281 g/mol. The third kappa shape index (κ3) is 2.98. The molecule has 0 radical (unpaired) electrons. The topological polar surface area (TPSA) is 79.4 Å². The summed E-state index contributed by atoms with van der Waals surface area (Å²) < 4.78 is 0. The normalized spacial score (nSPS) is 19.5. The van der Waals surface area contributed by atoms with Gasteiger partial charge >= 0.3 is 0 Å². The van der Waals surface area contributed by atoms with Gasteiger partial charge in [0.2, 0.25) is 17.7 Å². The molecule has 1 aliphatic heterocycles. The van der Waals surface area contributed by atoms with Crippen LogP contribution in [0.3, 0.4) is 0 Å². The molecule has 3 amide bonds. The van der Waals surface area contributed by atoms with E-state index in [1.165, 1.54) is 16.2 Å². The number of carbonyl (C=O) groups excluding carboxylic acids is 3. The predicted molar refractivity (Wildman–Crippen MR) is 69.5 cm³/mol. The van der Waals surface area contributed by atoms with E-state index in [-0.39, 0.29) is 18.9 Å². The largest absolute Gasteiger partial charge is 0.321 e. The van der Waals surface area contributed by atoms with Gasteiger partial charge < -0.3 is 4.90 Å². The predicted octanol–water partition coefficient (Wildman–Crippen LogP) is 0.258. The first-order chi connectivity index (χ1) is 9.01. The zero-order valence-corrected chi connectivity index (χ0v) is 11.6. The van der Waals surface area contributed by atoms with Crippen molar-refractivity contribution in [2.24, 2.45) is 0 Å². The van der Waals surface area contributed by atoms with Crippen LogP contribution in [0.2, 0.25) is 0 Å². The van der Waals surface area contributed by atoms with Gasteiger partial charge in [0.1, 0.15) is 12.6 Å². The molecule has 1 unspecified atom stereocenters. The number of hydrogen-bond acceptors (Lipinski definition) is 5. The van der Waals surface area contributed by atoms with Gasteiger partial charge in [-0.15, -0.1) is 11.3 Å². The molecular weight excluding hydrogens is 266 g/mol. The van der Waals surface area contributed by atoms with Gasteiger partial charge in [0.15, 0.2) is 0 Å². The summed E-state index contributed by atoms with van der Waals surface area (Å²) in [6.07, 6.45) is 0.613. The fourth-order valence-electron chi connectivity index (χ4n) is 2.08. The lowest BCUT2D eigenvalue weighted by Crippen LogP contribution is -2.59. The first-order valence-corrected chi connectivity index (χ1v) is 6.93. The minimum absolute atomic E-state index is 0.0633. The molecule has 0 saturated carbocycles. The van der Waals surface area contributed by atoms with Gasteiger partial charge in [-0.1, -0.05) is 6.92 Å². The zero-order valence-electron chi connectivity index (χ0n) is 10.8. The second kappa shape index (κ2) is 5.48. The molecule has 1 fully saturated rings. The van der Waals surface area contributed by atoms with E-state index in [4.69, 9.17) is 0 Å². The van der Waals surface area contributed by atoms with Crippen LogP contribution >= 0.6 is 11.3 Å². The van der Waals surface area contributed by atoms with E-state index in [0.717, 1.165) is 5.01 Å². The monoisotopic (exact) mass is 281 g/mol. The Kier molecular flexibility index (Phi) is 3.94. The Morgan fingerprint density at radius 3 is 2.89 bits per heavy atom. The van der Waals surface area contributed by atoms with E-state index in [9.17, 15) is 14.4 Å². The van der Waals surface area contributed by atoms with Crippen molar-refractivity contribution >= 4 is 29.1 Å². The SMILES string of the molecule is CCC1C(=O)NC(=O)CN1C(=O)Cc1csc(C)n1. The summed E-state index contributed by atoms with van der Waals surface area (Å²) in [5.41, 5.74) is 0.681. The molecule has 0 bridgehead atoms. The van der Waals surface area contributed by atoms with Crippen LogP contribution in [0, 0.1) is 6.92 Å². The molecule has 1 N–H and O–H groups in total. The number of nitrogens with zero attached hydrogens (tertiary/aromatic N) is 2. The highest BCUT2D eigenvalue weighted by Gasteiger charge is 2.35. The first-order valence-electron chi connectivity index (χ1n) is 6.05. The van der Waals surface area contributed by atoms with Crippen molar-refractivity contribution in [3.05, 3.63) is 16.1 Å². The number of aryl methyl sites for hydroxylation is 1. The van der Waals surface area contributed by atoms with Crippen molar-refractivity contribution in [1.82, 2.24) is 15.2 Å². The Balaban J connectivity index is 2.11. The molecule has 1 aromatic rings. The Hall–Kier alpha value is -1.76. The van der Waals surface area contributed by atoms with E-state index >= 15 is 0 Å². The molecule has 1 atom stereocenters. The van der Waals surface area contributed by atoms with Gasteiger partial charge in [-0.2, -0.15) is 0 Å². The summed E-state index contributed by atoms with van der Waals surface area (Å²) in [5, 5.41) is 4.96. The quantitative estimate of drug-likeness (QED) is 0.806. The van der Waals surface area contributed by atoms with Crippen LogP contribution in [-0.4, -0.2) is 40.2 Å². The first kappa shape index (κ1) is 13.7. The Labute approximate surface area is 114 Å². The second-order valence-electron chi connectivity index (χ2n) is 4.39. The van der Waals surface area contributed by atoms with Gasteiger partial charge in [0.05, 0.1) is 17.1 Å². The molecule has 2 rings (SSSR count). The maximum absolute atomic E-state index is 12.2. The van der Waals surface area contributed by atoms with Crippen LogP contribution in [0.4, 0.5) is 0 Å². The average Bonchev–Trinajstić information content (AvgIpc) is 2.73. The van der Waals surface area contributed by atoms with Gasteiger partial charge in [0.25, 0.3) is 0 Å². The maximum atomic E-state index is 12.2. The van der Waals surface area contributed by atoms with E-state index in [0.29, 0.717) is 12.1 Å². The van der Waals surface area contributed by atoms with Crippen LogP contribution in [0.25, 0.3) is 0 Å². The third-order valence-corrected chi connectivity index (χ3v) is 3.78. The summed E-state index contributed by atoms with van der Waals surface area (Å²) in [4.78, 5) is 40.8. The van der Waals surface area contributed by atoms with Crippen LogP contribution in [0.5, 0.6) is 0 Å². The second-order valence-corrected chi connectivity index (χ2v) is 5.45. The molecule has 0 spiro atoms. The maximum Gasteiger partial charge on any atom is 0.249 e. The molecule has 2 heterocycles. The minimum atomic E-state index is -0.565. The highest BCUT2D eigenvalue weighted by atomic mass is 32.1. The van der Waals surface area contributed by atoms with Gasteiger partial charge in [-0.05, 0) is 13.3 Å². The number of aromatic nitrogens is 1. The fourth-order valence-corrected chi connectivity index (χ4v) is 2.69. The number of piperazine rings is 1. The number of imide groups is 1. The van der Waals surface area contributed by atoms with Crippen LogP contribution in [0.1, 0.15) is 24.0 Å². The van der Waals surface area contributed by atoms with Gasteiger partial charge in [-0.25, -0.2) is 4.98 Å². The number of rotatable bonds is 3. The number of nitrogens with one attached hydrogen (secondary N) is 1. The number of hydrogen-bond donors (Lipinski definition) is 1. The van der Waals surface area contributed by atoms with Crippen molar-refractivity contribution in [3.8, 4) is 0 Å². The lowest BCUT2D eigenvalue weighted by Gasteiger charge is -2.33. The number of amides is 3. The highest BCUT2D eigenvalue weighted by molar-refractivity contribution is 7.09. The third-order valence-electron chi connectivity index (χ3n) is 2.96. The minimum Gasteiger partial charge on any atom is -0.321 e. The van der Waals surface area contributed by atoms with Crippen LogP contribution in [-0.2, 0) is 20.8 Å². The van der Waals surface area contributed by atoms with Gasteiger partial charge in [-0.3, -0.25) is 19.7 Å². The van der Waals surface area contributed by atoms with E-state index < -0.39 is 17.9 Å². The Morgan fingerprint density at radius 1 is 1.58 bits per heavy atom. The molecular formula is C12H15N3O3S. The van der Waals surface area contributed by atoms with Crippen LogP contribution in [0.15, 0.2) is 5.38 Å². The summed E-state index contributed by atoms with van der Waals surface area (Å²) in [6.45, 7) is 3.62. The fraction of sp³-hybridized carbons (Fsp3) is 0.500. The van der Waals surface area contributed by atoms with E-state index in [2.05, 4.69) is 10.3 Å². The summed E-state index contributed by atoms with van der Waals surface area (Å²) >= 11 is 1.47. The Morgan fingerprint density at radius 2 is 2.32 bits per heavy atom. The molecule has 1 aliphatic rings. The molecule has 102 valence electrons. The van der Waals surface area contributed by atoms with E-state index in [1.54, 1.807) is 0 Å². The lowest BCUT2D eigenvalue weighted by molar-refractivity contribution is -0.149. The lowest BCUT2D eigenvalue weighted by atomic mass is 10.1. The molecule has 0 aliphatic carbocycles. The summed E-state index contributed by atoms with van der Waals surface area (Å²) in [5.74, 6) is -1.07. The van der Waals surface area contributed by atoms with Crippen molar-refractivity contribution in [2.75, 3.05) is 6.54 Å². The smallest absolute Gasteiger partial charge is 0.249 e. The molecule has 0 aromatic carbocycles. The molecule has 7 heteroatoms. The molecule has 6 nitrogen and oxygen atoms in total. The standard InChI is InChI=1S/C12H15N3O3S/c1-3-9-12(18)14-10(16)5-15(9)11(17)4-8-6-19-7(2)13-8/h6,9H,3-5H2,1-2H3,(H,14,16,18).